The average Bonchev–Trinajstić information content (AvgIpc) is 3.62. The van der Waals surface area contributed by atoms with Crippen molar-refractivity contribution >= 4 is 34.9 Å². The second kappa shape index (κ2) is 11.4. The number of rotatable bonds is 7. The highest BCUT2D eigenvalue weighted by molar-refractivity contribution is 7.12. The van der Waals surface area contributed by atoms with Crippen LogP contribution >= 0.6 is 11.3 Å². The molecule has 9 nitrogen and oxygen atoms in total. The number of thiophene rings is 1. The first kappa shape index (κ1) is 27.1. The second-order valence-corrected chi connectivity index (χ2v) is 12.1. The van der Waals surface area contributed by atoms with Crippen LogP contribution in [0.15, 0.2) is 60.0 Å². The summed E-state index contributed by atoms with van der Waals surface area (Å²) in [6.45, 7) is 5.81. The van der Waals surface area contributed by atoms with E-state index in [0.717, 1.165) is 17.5 Å². The lowest BCUT2D eigenvalue weighted by molar-refractivity contribution is -0.134. The highest BCUT2D eigenvalue weighted by atomic mass is 32.1. The molecule has 1 unspecified atom stereocenters. The van der Waals surface area contributed by atoms with Crippen LogP contribution in [-0.4, -0.2) is 60.2 Å². The zero-order valence-electron chi connectivity index (χ0n) is 23.2. The van der Waals surface area contributed by atoms with Crippen LogP contribution in [0.5, 0.6) is 11.5 Å². The third kappa shape index (κ3) is 5.48. The summed E-state index contributed by atoms with van der Waals surface area (Å²) < 4.78 is 10.9. The minimum absolute atomic E-state index is 0.0285. The lowest BCUT2D eigenvalue weighted by atomic mass is 9.97. The largest absolute Gasteiger partial charge is 0.454 e. The molecule has 4 amide bonds. The lowest BCUT2D eigenvalue weighted by Gasteiger charge is -2.43. The van der Waals surface area contributed by atoms with Crippen LogP contribution < -0.4 is 19.7 Å². The Morgan fingerprint density at radius 3 is 2.63 bits per heavy atom. The molecule has 6 rings (SSSR count). The Kier molecular flexibility index (Phi) is 7.57. The van der Waals surface area contributed by atoms with Crippen molar-refractivity contribution in [1.29, 1.82) is 0 Å². The van der Waals surface area contributed by atoms with E-state index in [9.17, 15) is 14.4 Å². The SMILES string of the molecule is CC(C)CCN1CC2N(C[C@@H](Cc3ccccc3)C1=O)C(=O)c1sccc1N2C(=O)NCc1ccc2c(c1)OCO2. The van der Waals surface area contributed by atoms with E-state index < -0.39 is 12.1 Å². The second-order valence-electron chi connectivity index (χ2n) is 11.1. The van der Waals surface area contributed by atoms with Crippen LogP contribution in [-0.2, 0) is 17.8 Å². The number of ether oxygens (including phenoxy) is 2. The van der Waals surface area contributed by atoms with E-state index in [0.29, 0.717) is 40.9 Å². The average molecular weight is 575 g/mol. The van der Waals surface area contributed by atoms with Crippen molar-refractivity contribution < 1.29 is 23.9 Å². The molecule has 0 aliphatic carbocycles. The molecule has 4 heterocycles. The van der Waals surface area contributed by atoms with Crippen molar-refractivity contribution in [3.63, 3.8) is 0 Å². The zero-order valence-corrected chi connectivity index (χ0v) is 24.1. The molecule has 10 heteroatoms. The maximum atomic E-state index is 14.0. The van der Waals surface area contributed by atoms with Gasteiger partial charge < -0.3 is 24.6 Å². The van der Waals surface area contributed by atoms with Gasteiger partial charge in [-0.2, -0.15) is 0 Å². The fraction of sp³-hybridized carbons (Fsp3) is 0.387. The smallest absolute Gasteiger partial charge is 0.323 e. The maximum Gasteiger partial charge on any atom is 0.323 e. The van der Waals surface area contributed by atoms with Crippen molar-refractivity contribution in [3.8, 4) is 11.5 Å². The number of carbonyl (C=O) groups is 3. The standard InChI is InChI=1S/C31H34N4O5S/c1-20(2)10-12-33-18-27-34(17-23(29(33)36)14-21-6-4-3-5-7-21)30(37)28-24(11-13-41-28)35(27)31(38)32-16-22-8-9-25-26(15-22)40-19-39-25/h3-9,11,13,15,20,23,27H,10,12,14,16-19H2,1-2H3,(H,32,38)/t23-,27?/m1/s1. The van der Waals surface area contributed by atoms with Gasteiger partial charge in [-0.25, -0.2) is 4.79 Å². The van der Waals surface area contributed by atoms with Crippen molar-refractivity contribution in [3.05, 3.63) is 76.0 Å². The summed E-state index contributed by atoms with van der Waals surface area (Å²) in [4.78, 5) is 47.4. The van der Waals surface area contributed by atoms with Gasteiger partial charge in [-0.3, -0.25) is 14.5 Å². The van der Waals surface area contributed by atoms with E-state index in [1.54, 1.807) is 9.80 Å². The molecular weight excluding hydrogens is 540 g/mol. The first-order valence-corrected chi connectivity index (χ1v) is 14.9. The number of urea groups is 1. The number of anilines is 1. The van der Waals surface area contributed by atoms with Gasteiger partial charge in [-0.05, 0) is 53.5 Å². The molecule has 1 saturated heterocycles. The number of fused-ring (bicyclic) bond motifs is 3. The predicted octanol–water partition coefficient (Wildman–Crippen LogP) is 4.72. The Labute approximate surface area is 243 Å². The Balaban J connectivity index is 1.30. The van der Waals surface area contributed by atoms with Crippen molar-refractivity contribution in [2.24, 2.45) is 11.8 Å². The number of benzene rings is 2. The van der Waals surface area contributed by atoms with Crippen molar-refractivity contribution in [1.82, 2.24) is 15.1 Å². The van der Waals surface area contributed by atoms with Gasteiger partial charge in [0, 0.05) is 19.6 Å². The molecule has 0 spiro atoms. The normalized spacial score (nSPS) is 19.7. The van der Waals surface area contributed by atoms with Crippen molar-refractivity contribution in [2.75, 3.05) is 31.3 Å². The van der Waals surface area contributed by atoms with E-state index >= 15 is 0 Å². The van der Waals surface area contributed by atoms with E-state index in [1.807, 2.05) is 64.9 Å². The molecular formula is C31H34N4O5S. The summed E-state index contributed by atoms with van der Waals surface area (Å²) in [6.07, 6.45) is 0.755. The first-order valence-electron chi connectivity index (χ1n) is 14.1. The predicted molar refractivity (Wildman–Crippen MR) is 156 cm³/mol. The molecule has 1 fully saturated rings. The Morgan fingerprint density at radius 2 is 1.83 bits per heavy atom. The van der Waals surface area contributed by atoms with Gasteiger partial charge in [0.15, 0.2) is 11.5 Å². The molecule has 0 saturated carbocycles. The molecule has 2 aromatic carbocycles. The monoisotopic (exact) mass is 574 g/mol. The van der Waals surface area contributed by atoms with Gasteiger partial charge in [0.25, 0.3) is 5.91 Å². The van der Waals surface area contributed by atoms with Crippen LogP contribution in [0.25, 0.3) is 0 Å². The molecule has 1 aromatic heterocycles. The number of nitrogens with zero attached hydrogens (tertiary/aromatic N) is 3. The van der Waals surface area contributed by atoms with Crippen LogP contribution in [0.4, 0.5) is 10.5 Å². The quantitative estimate of drug-likeness (QED) is 0.441. The van der Waals surface area contributed by atoms with Gasteiger partial charge in [0.1, 0.15) is 11.0 Å². The van der Waals surface area contributed by atoms with Crippen LogP contribution in [0.1, 0.15) is 41.1 Å². The maximum absolute atomic E-state index is 14.0. The summed E-state index contributed by atoms with van der Waals surface area (Å²) in [5.41, 5.74) is 2.51. The molecule has 0 bridgehead atoms. The zero-order chi connectivity index (χ0) is 28.5. The highest BCUT2D eigenvalue weighted by Crippen LogP contribution is 2.38. The van der Waals surface area contributed by atoms with E-state index in [1.165, 1.54) is 11.3 Å². The fourth-order valence-electron chi connectivity index (χ4n) is 5.69. The third-order valence-corrected chi connectivity index (χ3v) is 8.77. The minimum Gasteiger partial charge on any atom is -0.454 e. The Morgan fingerprint density at radius 1 is 1.02 bits per heavy atom. The molecule has 41 heavy (non-hydrogen) atoms. The minimum atomic E-state index is -0.613. The number of amides is 4. The number of carbonyl (C=O) groups excluding carboxylic acids is 3. The van der Waals surface area contributed by atoms with Crippen molar-refractivity contribution in [2.45, 2.75) is 39.4 Å². The summed E-state index contributed by atoms with van der Waals surface area (Å²) in [5.74, 6) is 1.24. The third-order valence-electron chi connectivity index (χ3n) is 7.88. The summed E-state index contributed by atoms with van der Waals surface area (Å²) in [5, 5.41) is 4.88. The molecule has 3 aromatic rings. The number of nitrogens with one attached hydrogen (secondary N) is 1. The number of hydrogen-bond acceptors (Lipinski definition) is 6. The Hall–Kier alpha value is -4.05. The lowest BCUT2D eigenvalue weighted by Crippen LogP contribution is -2.61. The van der Waals surface area contributed by atoms with Gasteiger partial charge in [0.2, 0.25) is 12.7 Å². The molecule has 2 atom stereocenters. The van der Waals surface area contributed by atoms with E-state index in [-0.39, 0.29) is 44.3 Å². The molecule has 1 N–H and O–H groups in total. The van der Waals surface area contributed by atoms with Gasteiger partial charge in [0.05, 0.1) is 18.2 Å². The number of hydrogen-bond donors (Lipinski definition) is 1. The summed E-state index contributed by atoms with van der Waals surface area (Å²) >= 11 is 1.32. The molecule has 0 radical (unpaired) electrons. The van der Waals surface area contributed by atoms with Gasteiger partial charge in [-0.1, -0.05) is 50.2 Å². The molecule has 3 aliphatic heterocycles. The summed E-state index contributed by atoms with van der Waals surface area (Å²) in [7, 11) is 0. The Bertz CT molecular complexity index is 1440. The van der Waals surface area contributed by atoms with Gasteiger partial charge in [-0.15, -0.1) is 11.3 Å². The van der Waals surface area contributed by atoms with E-state index in [2.05, 4.69) is 19.2 Å². The van der Waals surface area contributed by atoms with Crippen LogP contribution in [0.2, 0.25) is 0 Å². The van der Waals surface area contributed by atoms with E-state index in [4.69, 9.17) is 9.47 Å². The topological polar surface area (TPSA) is 91.4 Å². The molecule has 3 aliphatic rings. The van der Waals surface area contributed by atoms with Crippen LogP contribution in [0.3, 0.4) is 0 Å². The highest BCUT2D eigenvalue weighted by Gasteiger charge is 2.47. The first-order chi connectivity index (χ1) is 19.9. The fourth-order valence-corrected chi connectivity index (χ4v) is 6.53. The molecule has 214 valence electrons. The summed E-state index contributed by atoms with van der Waals surface area (Å²) in [6, 6.07) is 17.0. The van der Waals surface area contributed by atoms with Crippen LogP contribution in [0, 0.1) is 11.8 Å². The van der Waals surface area contributed by atoms with Gasteiger partial charge >= 0.3 is 6.03 Å².